The molecule has 3 nitrogen and oxygen atoms in total. The van der Waals surface area contributed by atoms with Crippen LogP contribution in [0.15, 0.2) is 5.10 Å². The molecule has 86 valence electrons. The molecule has 0 aromatic rings. The van der Waals surface area contributed by atoms with E-state index in [0.29, 0.717) is 16.4 Å². The minimum Gasteiger partial charge on any atom is -0.375 e. The number of hydrogen-bond donors (Lipinski definition) is 2. The molecule has 0 aromatic heterocycles. The van der Waals surface area contributed by atoms with E-state index < -0.39 is 0 Å². The molecule has 1 aliphatic heterocycles. The third-order valence-corrected chi connectivity index (χ3v) is 4.51. The number of nitrogens with one attached hydrogen (secondary N) is 1. The molecule has 0 bridgehead atoms. The zero-order valence-electron chi connectivity index (χ0n) is 9.49. The van der Waals surface area contributed by atoms with E-state index in [1.54, 1.807) is 0 Å². The van der Waals surface area contributed by atoms with Gasteiger partial charge >= 0.3 is 0 Å². The van der Waals surface area contributed by atoms with Crippen LogP contribution in [0.1, 0.15) is 33.6 Å². The van der Waals surface area contributed by atoms with Gasteiger partial charge in [-0.1, -0.05) is 20.8 Å². The third-order valence-electron chi connectivity index (χ3n) is 2.70. The van der Waals surface area contributed by atoms with Crippen molar-refractivity contribution in [3.63, 3.8) is 0 Å². The molecule has 1 saturated heterocycles. The van der Waals surface area contributed by atoms with Gasteiger partial charge in [-0.3, -0.25) is 5.43 Å². The Hall–Kier alpha value is -0.290. The number of rotatable bonds is 2. The fourth-order valence-corrected chi connectivity index (χ4v) is 3.38. The van der Waals surface area contributed by atoms with Crippen molar-refractivity contribution in [2.45, 2.75) is 44.1 Å². The highest BCUT2D eigenvalue weighted by atomic mass is 32.2. The fourth-order valence-electron chi connectivity index (χ4n) is 1.88. The average molecular weight is 245 g/mol. The van der Waals surface area contributed by atoms with Gasteiger partial charge in [-0.05, 0) is 25.1 Å². The predicted octanol–water partition coefficient (Wildman–Crippen LogP) is 2.12. The molecule has 0 amide bonds. The molecule has 0 aliphatic carbocycles. The van der Waals surface area contributed by atoms with Gasteiger partial charge in [0, 0.05) is 22.1 Å². The number of nitrogens with two attached hydrogens (primary N) is 1. The Balaban J connectivity index is 2.69. The first-order valence-corrected chi connectivity index (χ1v) is 6.67. The van der Waals surface area contributed by atoms with Gasteiger partial charge in [0.15, 0.2) is 5.11 Å². The molecule has 0 saturated carbocycles. The Morgan fingerprint density at radius 1 is 1.67 bits per heavy atom. The number of thioether (sulfide) groups is 1. The number of hydrogen-bond acceptors (Lipinski definition) is 3. The second-order valence-electron chi connectivity index (χ2n) is 3.97. The highest BCUT2D eigenvalue weighted by Gasteiger charge is 2.29. The van der Waals surface area contributed by atoms with E-state index in [9.17, 15) is 0 Å². The Morgan fingerprint density at radius 2 is 2.33 bits per heavy atom. The van der Waals surface area contributed by atoms with Crippen LogP contribution >= 0.6 is 24.0 Å². The fraction of sp³-hybridized carbons (Fsp3) is 0.800. The quantitative estimate of drug-likeness (QED) is 0.578. The summed E-state index contributed by atoms with van der Waals surface area (Å²) in [5, 5.41) is 5.85. The molecular formula is C10H19N3S2. The number of thiocarbonyl (C=S) groups is 1. The second kappa shape index (κ2) is 5.70. The lowest BCUT2D eigenvalue weighted by molar-refractivity contribution is 0.645. The van der Waals surface area contributed by atoms with Crippen LogP contribution in [0.5, 0.6) is 0 Å². The molecule has 1 heterocycles. The van der Waals surface area contributed by atoms with Crippen molar-refractivity contribution >= 4 is 34.8 Å². The first kappa shape index (κ1) is 12.8. The minimum absolute atomic E-state index is 0.244. The summed E-state index contributed by atoms with van der Waals surface area (Å²) in [4.78, 5) is 0. The summed E-state index contributed by atoms with van der Waals surface area (Å²) in [6.45, 7) is 6.70. The van der Waals surface area contributed by atoms with Gasteiger partial charge in [-0.15, -0.1) is 0 Å². The van der Waals surface area contributed by atoms with Gasteiger partial charge in [-0.2, -0.15) is 16.9 Å². The summed E-state index contributed by atoms with van der Waals surface area (Å²) >= 11 is 6.80. The highest BCUT2D eigenvalue weighted by Crippen LogP contribution is 2.35. The maximum absolute atomic E-state index is 5.36. The molecule has 0 aromatic carbocycles. The van der Waals surface area contributed by atoms with E-state index in [-0.39, 0.29) is 5.11 Å². The molecule has 5 heteroatoms. The molecule has 3 atom stereocenters. The van der Waals surface area contributed by atoms with E-state index in [1.807, 2.05) is 0 Å². The average Bonchev–Trinajstić information content (AvgIpc) is 2.18. The Bertz CT molecular complexity index is 265. The van der Waals surface area contributed by atoms with Gasteiger partial charge in [0.25, 0.3) is 0 Å². The lowest BCUT2D eigenvalue weighted by Gasteiger charge is -2.32. The van der Waals surface area contributed by atoms with Crippen LogP contribution < -0.4 is 11.2 Å². The molecular weight excluding hydrogens is 226 g/mol. The largest absolute Gasteiger partial charge is 0.375 e. The maximum Gasteiger partial charge on any atom is 0.184 e. The summed E-state index contributed by atoms with van der Waals surface area (Å²) in [6, 6.07) is 0. The molecule has 1 rings (SSSR count). The Labute approximate surface area is 101 Å². The zero-order valence-corrected chi connectivity index (χ0v) is 11.1. The van der Waals surface area contributed by atoms with E-state index in [2.05, 4.69) is 43.1 Å². The number of nitrogens with zero attached hydrogens (tertiary/aromatic N) is 1. The van der Waals surface area contributed by atoms with Gasteiger partial charge in [0.1, 0.15) is 0 Å². The van der Waals surface area contributed by atoms with Crippen molar-refractivity contribution in [3.8, 4) is 0 Å². The highest BCUT2D eigenvalue weighted by molar-refractivity contribution is 8.00. The zero-order chi connectivity index (χ0) is 11.4. The molecule has 0 unspecified atom stereocenters. The van der Waals surface area contributed by atoms with E-state index in [0.717, 1.165) is 6.42 Å². The Morgan fingerprint density at radius 3 is 2.87 bits per heavy atom. The van der Waals surface area contributed by atoms with Crippen LogP contribution in [0.3, 0.4) is 0 Å². The minimum atomic E-state index is 0.244. The monoisotopic (exact) mass is 245 g/mol. The number of hydrazone groups is 1. The summed E-state index contributed by atoms with van der Waals surface area (Å²) in [6.07, 6.45) is 2.21. The van der Waals surface area contributed by atoms with E-state index in [1.165, 1.54) is 12.1 Å². The van der Waals surface area contributed by atoms with Gasteiger partial charge in [0.2, 0.25) is 0 Å². The van der Waals surface area contributed by atoms with Crippen molar-refractivity contribution in [1.29, 1.82) is 0 Å². The molecule has 1 fully saturated rings. The smallest absolute Gasteiger partial charge is 0.184 e. The lowest BCUT2D eigenvalue weighted by atomic mass is 9.95. The first-order valence-electron chi connectivity index (χ1n) is 5.32. The van der Waals surface area contributed by atoms with Crippen molar-refractivity contribution in [3.05, 3.63) is 0 Å². The van der Waals surface area contributed by atoms with Gasteiger partial charge in [0.05, 0.1) is 0 Å². The second-order valence-corrected chi connectivity index (χ2v) is 6.09. The normalized spacial score (nSPS) is 34.1. The summed E-state index contributed by atoms with van der Waals surface area (Å²) in [7, 11) is 0. The van der Waals surface area contributed by atoms with Crippen molar-refractivity contribution in [2.24, 2.45) is 16.8 Å². The van der Waals surface area contributed by atoms with Crippen molar-refractivity contribution < 1.29 is 0 Å². The topological polar surface area (TPSA) is 50.4 Å². The van der Waals surface area contributed by atoms with E-state index >= 15 is 0 Å². The molecule has 0 spiro atoms. The summed E-state index contributed by atoms with van der Waals surface area (Å²) < 4.78 is 0. The Kier molecular flexibility index (Phi) is 4.86. The van der Waals surface area contributed by atoms with E-state index in [4.69, 9.17) is 18.0 Å². The maximum atomic E-state index is 5.36. The molecule has 0 radical (unpaired) electrons. The van der Waals surface area contributed by atoms with Crippen LogP contribution in [-0.4, -0.2) is 21.3 Å². The van der Waals surface area contributed by atoms with Gasteiger partial charge < -0.3 is 5.73 Å². The molecule has 1 aliphatic rings. The molecule has 3 N–H and O–H groups in total. The third kappa shape index (κ3) is 3.65. The van der Waals surface area contributed by atoms with Crippen LogP contribution in [0.4, 0.5) is 0 Å². The summed E-state index contributed by atoms with van der Waals surface area (Å²) in [5.74, 6) is 0.512. The standard InChI is InChI=1S/C10H19N3S2/c1-4-9-7(3)8(5-6(2)15-9)12-13-10(11)14/h6-7,9H,4-5H2,1-3H3,(H3,11,13,14)/t6-,7+,9+/m1/s1. The van der Waals surface area contributed by atoms with Crippen molar-refractivity contribution in [1.82, 2.24) is 5.43 Å². The van der Waals surface area contributed by atoms with Crippen LogP contribution in [0.2, 0.25) is 0 Å². The summed E-state index contributed by atoms with van der Waals surface area (Å²) in [5.41, 5.74) is 9.26. The van der Waals surface area contributed by atoms with Crippen LogP contribution in [-0.2, 0) is 0 Å². The predicted molar refractivity (Wildman–Crippen MR) is 72.3 cm³/mol. The lowest BCUT2D eigenvalue weighted by Crippen LogP contribution is -2.35. The first-order chi connectivity index (χ1) is 7.04. The van der Waals surface area contributed by atoms with Gasteiger partial charge in [-0.25, -0.2) is 0 Å². The van der Waals surface area contributed by atoms with Crippen molar-refractivity contribution in [2.75, 3.05) is 0 Å². The van der Waals surface area contributed by atoms with Crippen LogP contribution in [0, 0.1) is 5.92 Å². The van der Waals surface area contributed by atoms with Crippen LogP contribution in [0.25, 0.3) is 0 Å². The molecule has 15 heavy (non-hydrogen) atoms. The SMILES string of the molecule is CC[C@@H]1S[C@H](C)CC(=NNC(N)=S)[C@@H]1C.